The van der Waals surface area contributed by atoms with Crippen LogP contribution in [0.15, 0.2) is 36.5 Å². The number of unbranched alkanes of at least 4 members (excludes halogenated alkanes) is 55. The van der Waals surface area contributed by atoms with Crippen LogP contribution in [0.2, 0.25) is 0 Å². The molecule has 0 aliphatic carbocycles. The second-order valence-electron chi connectivity index (χ2n) is 26.3. The molecule has 2 unspecified atom stereocenters. The zero-order chi connectivity index (χ0) is 60.6. The molecule has 0 rings (SSSR count). The fourth-order valence-corrected chi connectivity index (χ4v) is 12.1. The number of hydrogen-bond acceptors (Lipinski definition) is 5. The standard InChI is InChI=1S/C78H149NO5/c1-3-5-7-9-11-13-15-16-17-18-43-46-49-52-56-60-64-68-72-78(83)84-73-69-65-61-57-53-50-47-44-41-39-37-35-33-31-29-27-25-23-21-19-20-22-24-26-28-30-32-34-36-38-40-42-45-48-51-55-59-63-67-71-77(82)79-75(74-80)76(81)70-66-62-58-54-14-12-10-8-6-4-2/h13,15,17-20,75-76,80-81H,3-12,14,16,21-74H2,1-2H3,(H,79,82)/b15-13-,18-17-,20-19-. The zero-order valence-electron chi connectivity index (χ0n) is 56.9. The number of hydrogen-bond donors (Lipinski definition) is 3. The predicted octanol–water partition coefficient (Wildman–Crippen LogP) is 25.0. The van der Waals surface area contributed by atoms with E-state index in [-0.39, 0.29) is 18.5 Å². The molecule has 0 fully saturated rings. The summed E-state index contributed by atoms with van der Waals surface area (Å²) < 4.78 is 5.51. The van der Waals surface area contributed by atoms with Gasteiger partial charge < -0.3 is 20.3 Å². The number of amides is 1. The molecule has 1 amide bonds. The Morgan fingerprint density at radius 3 is 0.929 bits per heavy atom. The normalized spacial score (nSPS) is 12.7. The Morgan fingerprint density at radius 1 is 0.333 bits per heavy atom. The molecule has 3 N–H and O–H groups in total. The number of esters is 1. The number of carbonyl (C=O) groups excluding carboxylic acids is 2. The molecule has 0 aromatic carbocycles. The summed E-state index contributed by atoms with van der Waals surface area (Å²) in [5.41, 5.74) is 0. The summed E-state index contributed by atoms with van der Waals surface area (Å²) in [6.45, 7) is 4.95. The van der Waals surface area contributed by atoms with Crippen LogP contribution in [0.3, 0.4) is 0 Å². The van der Waals surface area contributed by atoms with Crippen LogP contribution < -0.4 is 5.32 Å². The van der Waals surface area contributed by atoms with Crippen molar-refractivity contribution in [1.29, 1.82) is 0 Å². The van der Waals surface area contributed by atoms with Crippen LogP contribution in [0.5, 0.6) is 0 Å². The van der Waals surface area contributed by atoms with Crippen LogP contribution in [0, 0.1) is 0 Å². The molecule has 2 atom stereocenters. The van der Waals surface area contributed by atoms with Gasteiger partial charge in [-0.15, -0.1) is 0 Å². The van der Waals surface area contributed by atoms with Crippen molar-refractivity contribution in [1.82, 2.24) is 5.32 Å². The fourth-order valence-electron chi connectivity index (χ4n) is 12.1. The van der Waals surface area contributed by atoms with E-state index in [0.29, 0.717) is 25.9 Å². The summed E-state index contributed by atoms with van der Waals surface area (Å²) in [6, 6.07) is -0.536. The summed E-state index contributed by atoms with van der Waals surface area (Å²) in [5, 5.41) is 23.2. The van der Waals surface area contributed by atoms with Gasteiger partial charge in [0.05, 0.1) is 25.4 Å². The summed E-state index contributed by atoms with van der Waals surface area (Å²) >= 11 is 0. The van der Waals surface area contributed by atoms with Crippen molar-refractivity contribution in [2.45, 2.75) is 437 Å². The average molecular weight is 1180 g/mol. The zero-order valence-corrected chi connectivity index (χ0v) is 56.9. The van der Waals surface area contributed by atoms with E-state index in [9.17, 15) is 19.8 Å². The first kappa shape index (κ1) is 82.1. The average Bonchev–Trinajstić information content (AvgIpc) is 3.51. The second-order valence-corrected chi connectivity index (χ2v) is 26.3. The Labute approximate surface area is 525 Å². The fraction of sp³-hybridized carbons (Fsp3) is 0.897. The van der Waals surface area contributed by atoms with Gasteiger partial charge in [0.15, 0.2) is 0 Å². The van der Waals surface area contributed by atoms with Crippen molar-refractivity contribution in [3.05, 3.63) is 36.5 Å². The predicted molar refractivity (Wildman–Crippen MR) is 370 cm³/mol. The van der Waals surface area contributed by atoms with E-state index in [4.69, 9.17) is 4.74 Å². The van der Waals surface area contributed by atoms with E-state index in [1.807, 2.05) is 0 Å². The minimum atomic E-state index is -0.659. The molecule has 6 nitrogen and oxygen atoms in total. The number of aliphatic hydroxyl groups excluding tert-OH is 2. The molecule has 0 heterocycles. The Hall–Kier alpha value is -1.92. The van der Waals surface area contributed by atoms with Crippen molar-refractivity contribution in [3.63, 3.8) is 0 Å². The van der Waals surface area contributed by atoms with Crippen LogP contribution in [0.1, 0.15) is 425 Å². The third-order valence-electron chi connectivity index (χ3n) is 17.9. The van der Waals surface area contributed by atoms with Crippen LogP contribution >= 0.6 is 0 Å². The van der Waals surface area contributed by atoms with Crippen LogP contribution in [0.25, 0.3) is 0 Å². The van der Waals surface area contributed by atoms with Gasteiger partial charge in [-0.25, -0.2) is 0 Å². The van der Waals surface area contributed by atoms with E-state index in [1.165, 1.54) is 340 Å². The molecule has 0 aliphatic heterocycles. The number of nitrogens with one attached hydrogen (secondary N) is 1. The highest BCUT2D eigenvalue weighted by atomic mass is 16.5. The van der Waals surface area contributed by atoms with Gasteiger partial charge in [0.2, 0.25) is 5.91 Å². The summed E-state index contributed by atoms with van der Waals surface area (Å²) in [5.74, 6) is -0.0148. The molecule has 6 heteroatoms. The topological polar surface area (TPSA) is 95.9 Å². The lowest BCUT2D eigenvalue weighted by atomic mass is 10.0. The third-order valence-corrected chi connectivity index (χ3v) is 17.9. The lowest BCUT2D eigenvalue weighted by Crippen LogP contribution is -2.45. The first-order chi connectivity index (χ1) is 41.5. The van der Waals surface area contributed by atoms with Crippen molar-refractivity contribution >= 4 is 11.9 Å². The Balaban J connectivity index is 3.29. The van der Waals surface area contributed by atoms with Crippen molar-refractivity contribution < 1.29 is 24.5 Å². The van der Waals surface area contributed by atoms with Gasteiger partial charge in [-0.3, -0.25) is 9.59 Å². The lowest BCUT2D eigenvalue weighted by molar-refractivity contribution is -0.143. The molecule has 84 heavy (non-hydrogen) atoms. The van der Waals surface area contributed by atoms with Gasteiger partial charge in [0.1, 0.15) is 0 Å². The number of ether oxygens (including phenoxy) is 1. The van der Waals surface area contributed by atoms with Crippen LogP contribution in [0.4, 0.5) is 0 Å². The Kier molecular flexibility index (Phi) is 71.9. The molecular weight excluding hydrogens is 1030 g/mol. The van der Waals surface area contributed by atoms with Gasteiger partial charge in [0.25, 0.3) is 0 Å². The molecule has 0 aliphatic rings. The molecule has 0 saturated heterocycles. The van der Waals surface area contributed by atoms with Crippen molar-refractivity contribution in [2.24, 2.45) is 0 Å². The van der Waals surface area contributed by atoms with Crippen molar-refractivity contribution in [2.75, 3.05) is 13.2 Å². The van der Waals surface area contributed by atoms with E-state index in [0.717, 1.165) is 51.4 Å². The van der Waals surface area contributed by atoms with Crippen LogP contribution in [-0.2, 0) is 14.3 Å². The largest absolute Gasteiger partial charge is 0.466 e. The van der Waals surface area contributed by atoms with E-state index in [1.54, 1.807) is 0 Å². The molecule has 0 aromatic heterocycles. The summed E-state index contributed by atoms with van der Waals surface area (Å²) in [4.78, 5) is 24.6. The number of allylic oxidation sites excluding steroid dienone is 6. The van der Waals surface area contributed by atoms with Crippen molar-refractivity contribution in [3.8, 4) is 0 Å². The van der Waals surface area contributed by atoms with E-state index < -0.39 is 12.1 Å². The summed E-state index contributed by atoms with van der Waals surface area (Å²) in [7, 11) is 0. The molecular formula is C78H149NO5. The highest BCUT2D eigenvalue weighted by molar-refractivity contribution is 5.76. The first-order valence-electron chi connectivity index (χ1n) is 38.2. The monoisotopic (exact) mass is 1180 g/mol. The number of aliphatic hydroxyl groups is 2. The Bertz CT molecular complexity index is 1360. The van der Waals surface area contributed by atoms with Gasteiger partial charge in [-0.2, -0.15) is 0 Å². The maximum absolute atomic E-state index is 12.5. The first-order valence-corrected chi connectivity index (χ1v) is 38.2. The lowest BCUT2D eigenvalue weighted by Gasteiger charge is -2.22. The quantitative estimate of drug-likeness (QED) is 0.0320. The molecule has 496 valence electrons. The minimum absolute atomic E-state index is 0.0155. The number of carbonyl (C=O) groups is 2. The molecule has 0 spiro atoms. The van der Waals surface area contributed by atoms with Crippen LogP contribution in [-0.4, -0.2) is 47.4 Å². The van der Waals surface area contributed by atoms with Gasteiger partial charge in [-0.1, -0.05) is 365 Å². The maximum Gasteiger partial charge on any atom is 0.305 e. The molecule has 0 bridgehead atoms. The van der Waals surface area contributed by atoms with E-state index >= 15 is 0 Å². The van der Waals surface area contributed by atoms with Gasteiger partial charge in [0, 0.05) is 12.8 Å². The maximum atomic E-state index is 12.5. The van der Waals surface area contributed by atoms with Gasteiger partial charge in [-0.05, 0) is 83.5 Å². The number of rotatable bonds is 72. The summed E-state index contributed by atoms with van der Waals surface area (Å²) in [6.07, 6.45) is 95.3. The highest BCUT2D eigenvalue weighted by Crippen LogP contribution is 2.19. The molecule has 0 radical (unpaired) electrons. The minimum Gasteiger partial charge on any atom is -0.466 e. The Morgan fingerprint density at radius 2 is 0.595 bits per heavy atom. The highest BCUT2D eigenvalue weighted by Gasteiger charge is 2.20. The second kappa shape index (κ2) is 73.5. The molecule has 0 saturated carbocycles. The SMILES string of the molecule is CCCCCC/C=C\C/C=C\CCCCCCCCCC(=O)OCCCCCCCCCCCCCCCCCCCC/C=C\CCCCCCCCCCCCCCCCCCCC(=O)NC(CO)C(O)CCCCCCCCCCCC. The molecule has 0 aromatic rings. The van der Waals surface area contributed by atoms with Gasteiger partial charge >= 0.3 is 5.97 Å². The van der Waals surface area contributed by atoms with E-state index in [2.05, 4.69) is 55.6 Å². The smallest absolute Gasteiger partial charge is 0.305 e. The third kappa shape index (κ3) is 69.2.